The fraction of sp³-hybridized carbons (Fsp3) is 0.350. The summed E-state index contributed by atoms with van der Waals surface area (Å²) < 4.78 is 5.73. The molecule has 1 unspecified atom stereocenters. The molecule has 0 aliphatic rings. The molecular weight excluding hydrogens is 346 g/mol. The highest BCUT2D eigenvalue weighted by Gasteiger charge is 2.16. The van der Waals surface area contributed by atoms with Crippen molar-refractivity contribution in [3.05, 3.63) is 52.7 Å². The zero-order valence-corrected chi connectivity index (χ0v) is 16.1. The van der Waals surface area contributed by atoms with Crippen molar-refractivity contribution < 1.29 is 9.53 Å². The topological polar surface area (TPSA) is 64.1 Å². The molecule has 0 bridgehead atoms. The van der Waals surface area contributed by atoms with Crippen LogP contribution in [0.4, 0.5) is 0 Å². The van der Waals surface area contributed by atoms with E-state index < -0.39 is 0 Å². The number of rotatable bonds is 7. The largest absolute Gasteiger partial charge is 0.467 e. The highest BCUT2D eigenvalue weighted by molar-refractivity contribution is 7.18. The summed E-state index contributed by atoms with van der Waals surface area (Å²) in [5.41, 5.74) is 2.21. The van der Waals surface area contributed by atoms with Gasteiger partial charge in [0.25, 0.3) is 5.91 Å². The van der Waals surface area contributed by atoms with Crippen LogP contribution >= 0.6 is 11.3 Å². The van der Waals surface area contributed by atoms with Crippen LogP contribution in [-0.4, -0.2) is 22.5 Å². The van der Waals surface area contributed by atoms with Crippen LogP contribution in [0.15, 0.2) is 36.7 Å². The fourth-order valence-electron chi connectivity index (χ4n) is 2.93. The molecule has 0 aliphatic carbocycles. The second-order valence-electron chi connectivity index (χ2n) is 6.25. The van der Waals surface area contributed by atoms with Gasteiger partial charge in [-0.25, -0.2) is 9.97 Å². The summed E-state index contributed by atoms with van der Waals surface area (Å²) in [6, 6.07) is 10.0. The second kappa shape index (κ2) is 8.27. The van der Waals surface area contributed by atoms with Gasteiger partial charge in [-0.3, -0.25) is 4.79 Å². The molecule has 1 atom stereocenters. The maximum Gasteiger partial charge on any atom is 0.258 e. The summed E-state index contributed by atoms with van der Waals surface area (Å²) in [5, 5.41) is 3.97. The van der Waals surface area contributed by atoms with Crippen molar-refractivity contribution in [2.75, 3.05) is 6.61 Å². The van der Waals surface area contributed by atoms with E-state index in [1.165, 1.54) is 11.2 Å². The number of fused-ring (bicyclic) bond motifs is 1. The first-order valence-corrected chi connectivity index (χ1v) is 9.59. The molecule has 0 aliphatic heterocycles. The molecule has 0 radical (unpaired) electrons. The van der Waals surface area contributed by atoms with Crippen molar-refractivity contribution in [3.63, 3.8) is 0 Å². The van der Waals surface area contributed by atoms with Gasteiger partial charge < -0.3 is 10.1 Å². The number of aromatic nitrogens is 2. The highest BCUT2D eigenvalue weighted by atomic mass is 32.1. The molecule has 1 amide bonds. The van der Waals surface area contributed by atoms with Crippen molar-refractivity contribution in [1.29, 1.82) is 0 Å². The molecule has 2 heterocycles. The number of ether oxygens (including phenoxy) is 1. The molecule has 1 aromatic carbocycles. The lowest BCUT2D eigenvalue weighted by Crippen LogP contribution is -2.32. The summed E-state index contributed by atoms with van der Waals surface area (Å²) >= 11 is 1.61. The predicted molar refractivity (Wildman–Crippen MR) is 105 cm³/mol. The van der Waals surface area contributed by atoms with E-state index in [9.17, 15) is 4.79 Å². The Morgan fingerprint density at radius 3 is 2.73 bits per heavy atom. The molecule has 6 heteroatoms. The second-order valence-corrected chi connectivity index (χ2v) is 7.45. The van der Waals surface area contributed by atoms with E-state index in [1.807, 2.05) is 44.2 Å². The number of hydrogen-bond acceptors (Lipinski definition) is 5. The first-order valence-electron chi connectivity index (χ1n) is 8.78. The van der Waals surface area contributed by atoms with Gasteiger partial charge in [-0.1, -0.05) is 43.7 Å². The summed E-state index contributed by atoms with van der Waals surface area (Å²) in [4.78, 5) is 23.0. The Morgan fingerprint density at radius 1 is 1.23 bits per heavy atom. The van der Waals surface area contributed by atoms with Crippen LogP contribution in [0, 0.1) is 13.8 Å². The fourth-order valence-corrected chi connectivity index (χ4v) is 3.91. The first kappa shape index (κ1) is 18.3. The van der Waals surface area contributed by atoms with Crippen molar-refractivity contribution in [3.8, 4) is 5.88 Å². The normalized spacial score (nSPS) is 12.1. The van der Waals surface area contributed by atoms with E-state index in [-0.39, 0.29) is 18.6 Å². The first-order chi connectivity index (χ1) is 12.6. The van der Waals surface area contributed by atoms with Crippen molar-refractivity contribution >= 4 is 27.5 Å². The maximum absolute atomic E-state index is 12.4. The lowest BCUT2D eigenvalue weighted by molar-refractivity contribution is -0.124. The Morgan fingerprint density at radius 2 is 2.00 bits per heavy atom. The number of amides is 1. The number of thiophene rings is 1. The average Bonchev–Trinajstić information content (AvgIpc) is 2.95. The van der Waals surface area contributed by atoms with Gasteiger partial charge in [0.15, 0.2) is 6.61 Å². The Bertz CT molecular complexity index is 893. The maximum atomic E-state index is 12.4. The lowest BCUT2D eigenvalue weighted by atomic mass is 10.0. The van der Waals surface area contributed by atoms with E-state index in [0.717, 1.165) is 34.2 Å². The highest BCUT2D eigenvalue weighted by Crippen LogP contribution is 2.33. The Balaban J connectivity index is 1.69. The molecule has 0 fully saturated rings. The number of aryl methyl sites for hydroxylation is 2. The van der Waals surface area contributed by atoms with Gasteiger partial charge in [0.05, 0.1) is 11.4 Å². The van der Waals surface area contributed by atoms with Gasteiger partial charge in [0.1, 0.15) is 11.2 Å². The number of nitrogens with zero attached hydrogens (tertiary/aromatic N) is 2. The minimum Gasteiger partial charge on any atom is -0.467 e. The number of carbonyl (C=O) groups is 1. The number of nitrogens with one attached hydrogen (secondary N) is 1. The van der Waals surface area contributed by atoms with E-state index in [1.54, 1.807) is 11.3 Å². The van der Waals surface area contributed by atoms with Crippen molar-refractivity contribution in [2.24, 2.45) is 0 Å². The van der Waals surface area contributed by atoms with E-state index in [2.05, 4.69) is 22.2 Å². The smallest absolute Gasteiger partial charge is 0.258 e. The lowest BCUT2D eigenvalue weighted by Gasteiger charge is -2.18. The summed E-state index contributed by atoms with van der Waals surface area (Å²) in [5.74, 6) is 0.322. The quantitative estimate of drug-likeness (QED) is 0.673. The zero-order chi connectivity index (χ0) is 18.5. The molecular formula is C20H23N3O2S. The molecule has 136 valence electrons. The third-order valence-corrected chi connectivity index (χ3v) is 5.50. The third kappa shape index (κ3) is 4.02. The van der Waals surface area contributed by atoms with Crippen LogP contribution in [0.1, 0.15) is 41.8 Å². The number of benzene rings is 1. The monoisotopic (exact) mass is 369 g/mol. The Hall–Kier alpha value is -2.47. The van der Waals surface area contributed by atoms with Crippen molar-refractivity contribution in [2.45, 2.75) is 39.7 Å². The molecule has 1 N–H and O–H groups in total. The number of carbonyl (C=O) groups excluding carboxylic acids is 1. The minimum atomic E-state index is -0.149. The molecule has 0 spiro atoms. The van der Waals surface area contributed by atoms with E-state index in [0.29, 0.717) is 5.88 Å². The SMILES string of the molecule is CCCC(NC(=O)COc1ncnc2sc(C)c(C)c12)c1ccccc1. The molecule has 5 nitrogen and oxygen atoms in total. The molecule has 0 saturated heterocycles. The summed E-state index contributed by atoms with van der Waals surface area (Å²) in [7, 11) is 0. The van der Waals surface area contributed by atoms with Crippen LogP contribution in [-0.2, 0) is 4.79 Å². The van der Waals surface area contributed by atoms with Crippen LogP contribution in [0.2, 0.25) is 0 Å². The van der Waals surface area contributed by atoms with Gasteiger partial charge in [-0.05, 0) is 31.4 Å². The Labute approximate surface area is 157 Å². The summed E-state index contributed by atoms with van der Waals surface area (Å²) in [6.45, 7) is 6.12. The third-order valence-electron chi connectivity index (χ3n) is 4.39. The van der Waals surface area contributed by atoms with Gasteiger partial charge in [0, 0.05) is 4.88 Å². The average molecular weight is 369 g/mol. The standard InChI is InChI=1S/C20H23N3O2S/c1-4-8-16(15-9-6-5-7-10-15)23-17(24)11-25-19-18-13(2)14(3)26-20(18)22-12-21-19/h5-7,9-10,12,16H,4,8,11H2,1-3H3,(H,23,24). The molecule has 3 rings (SSSR count). The van der Waals surface area contributed by atoms with Gasteiger partial charge in [-0.15, -0.1) is 11.3 Å². The predicted octanol–water partition coefficient (Wildman–Crippen LogP) is 4.34. The van der Waals surface area contributed by atoms with E-state index in [4.69, 9.17) is 4.74 Å². The summed E-state index contributed by atoms with van der Waals surface area (Å²) in [6.07, 6.45) is 3.35. The van der Waals surface area contributed by atoms with Crippen LogP contribution < -0.4 is 10.1 Å². The van der Waals surface area contributed by atoms with Crippen LogP contribution in [0.3, 0.4) is 0 Å². The number of hydrogen-bond donors (Lipinski definition) is 1. The molecule has 3 aromatic rings. The zero-order valence-electron chi connectivity index (χ0n) is 15.3. The minimum absolute atomic E-state index is 0.00662. The van der Waals surface area contributed by atoms with Gasteiger partial charge in [0.2, 0.25) is 5.88 Å². The van der Waals surface area contributed by atoms with Gasteiger partial charge >= 0.3 is 0 Å². The molecule has 26 heavy (non-hydrogen) atoms. The molecule has 2 aromatic heterocycles. The van der Waals surface area contributed by atoms with Crippen LogP contribution in [0.5, 0.6) is 5.88 Å². The van der Waals surface area contributed by atoms with Gasteiger partial charge in [-0.2, -0.15) is 0 Å². The van der Waals surface area contributed by atoms with E-state index >= 15 is 0 Å². The molecule has 0 saturated carbocycles. The van der Waals surface area contributed by atoms with Crippen LogP contribution in [0.25, 0.3) is 10.2 Å². The van der Waals surface area contributed by atoms with Crippen molar-refractivity contribution in [1.82, 2.24) is 15.3 Å². The Kier molecular flexibility index (Phi) is 5.83.